The predicted molar refractivity (Wildman–Crippen MR) is 59.3 cm³/mol. The van der Waals surface area contributed by atoms with Crippen LogP contribution in [0.5, 0.6) is 0 Å². The normalized spacial score (nSPS) is 9.56. The Balaban J connectivity index is 2.96. The molecule has 0 amide bonds. The summed E-state index contributed by atoms with van der Waals surface area (Å²) in [5, 5.41) is 16.9. The lowest BCUT2D eigenvalue weighted by molar-refractivity contribution is -0.135. The Morgan fingerprint density at radius 2 is 2.00 bits per heavy atom. The van der Waals surface area contributed by atoms with Gasteiger partial charge in [-0.2, -0.15) is 0 Å². The van der Waals surface area contributed by atoms with Crippen LogP contribution in [-0.2, 0) is 9.59 Å². The Bertz CT molecular complexity index is 441. The lowest BCUT2D eigenvalue weighted by Crippen LogP contribution is -2.45. The van der Waals surface area contributed by atoms with Crippen LogP contribution in [0.15, 0.2) is 24.3 Å². The standard InChI is InChI=1S/C11H12N2O3/c1-7(14)11(12)8-4-2-3-5-9(8)13-6-10(15)16/h2-5,12-13H,6H2,1H3,(H,15,16)/p+1. The van der Waals surface area contributed by atoms with Crippen LogP contribution < -0.4 is 10.7 Å². The van der Waals surface area contributed by atoms with Crippen molar-refractivity contribution in [2.75, 3.05) is 11.9 Å². The first-order valence-corrected chi connectivity index (χ1v) is 4.70. The van der Waals surface area contributed by atoms with Gasteiger partial charge in [-0.1, -0.05) is 12.1 Å². The molecule has 0 aliphatic heterocycles. The number of aliphatic carboxylic acids is 1. The summed E-state index contributed by atoms with van der Waals surface area (Å²) in [5.41, 5.74) is 1.18. The number of Topliss-reactive ketones (excluding diaryl/α,β-unsaturated/α-hetero) is 1. The molecule has 0 radical (unpaired) electrons. The van der Waals surface area contributed by atoms with E-state index in [1.807, 2.05) is 0 Å². The molecule has 1 aromatic carbocycles. The van der Waals surface area contributed by atoms with Crippen molar-refractivity contribution in [3.05, 3.63) is 29.8 Å². The molecule has 0 aliphatic rings. The summed E-state index contributed by atoms with van der Waals surface area (Å²) in [6, 6.07) is 6.81. The molecule has 0 fully saturated rings. The molecule has 0 saturated heterocycles. The Morgan fingerprint density at radius 1 is 1.38 bits per heavy atom. The highest BCUT2D eigenvalue weighted by Crippen LogP contribution is 2.14. The zero-order valence-corrected chi connectivity index (χ0v) is 8.86. The van der Waals surface area contributed by atoms with E-state index < -0.39 is 5.97 Å². The number of hydrogen-bond donors (Lipinski definition) is 3. The predicted octanol–water partition coefficient (Wildman–Crippen LogP) is -0.680. The SMILES string of the molecule is CC(=O)C(=[NH2+])c1ccccc1NCC(=O)O. The van der Waals surface area contributed by atoms with Crippen molar-refractivity contribution in [1.82, 2.24) is 0 Å². The molecular formula is C11H13N2O3+. The van der Waals surface area contributed by atoms with Gasteiger partial charge in [-0.25, -0.2) is 0 Å². The minimum Gasteiger partial charge on any atom is -0.480 e. The van der Waals surface area contributed by atoms with Crippen LogP contribution in [0.1, 0.15) is 12.5 Å². The van der Waals surface area contributed by atoms with Crippen LogP contribution in [0.4, 0.5) is 5.69 Å². The second kappa shape index (κ2) is 5.06. The molecule has 4 N–H and O–H groups in total. The Morgan fingerprint density at radius 3 is 2.56 bits per heavy atom. The van der Waals surface area contributed by atoms with E-state index in [4.69, 9.17) is 10.5 Å². The summed E-state index contributed by atoms with van der Waals surface area (Å²) >= 11 is 0. The van der Waals surface area contributed by atoms with Crippen molar-refractivity contribution >= 4 is 23.2 Å². The highest BCUT2D eigenvalue weighted by atomic mass is 16.4. The third kappa shape index (κ3) is 2.91. The summed E-state index contributed by atoms with van der Waals surface area (Å²) in [6.45, 7) is 1.14. The van der Waals surface area contributed by atoms with Gasteiger partial charge in [-0.15, -0.1) is 0 Å². The molecule has 0 heterocycles. The number of nitrogens with two attached hydrogens (primary N) is 1. The first-order chi connectivity index (χ1) is 7.52. The van der Waals surface area contributed by atoms with E-state index in [1.165, 1.54) is 6.92 Å². The van der Waals surface area contributed by atoms with Crippen molar-refractivity contribution in [1.29, 1.82) is 0 Å². The summed E-state index contributed by atoms with van der Waals surface area (Å²) in [7, 11) is 0. The third-order valence-corrected chi connectivity index (χ3v) is 2.03. The second-order valence-corrected chi connectivity index (χ2v) is 3.26. The van der Waals surface area contributed by atoms with E-state index in [1.54, 1.807) is 24.3 Å². The van der Waals surface area contributed by atoms with Crippen molar-refractivity contribution in [2.45, 2.75) is 6.92 Å². The number of para-hydroxylation sites is 1. The fraction of sp³-hybridized carbons (Fsp3) is 0.182. The fourth-order valence-electron chi connectivity index (χ4n) is 1.23. The maximum Gasteiger partial charge on any atom is 0.322 e. The molecule has 0 unspecified atom stereocenters. The number of carboxylic acid groups (broad SMARTS) is 1. The van der Waals surface area contributed by atoms with E-state index in [-0.39, 0.29) is 18.0 Å². The van der Waals surface area contributed by atoms with Gasteiger partial charge in [0.2, 0.25) is 11.5 Å². The maximum absolute atomic E-state index is 11.1. The topological polar surface area (TPSA) is 92.0 Å². The monoisotopic (exact) mass is 221 g/mol. The Kier molecular flexibility index (Phi) is 3.77. The summed E-state index contributed by atoms with van der Waals surface area (Å²) in [5.74, 6) is -1.22. The number of hydrogen-bond acceptors (Lipinski definition) is 3. The van der Waals surface area contributed by atoms with Gasteiger partial charge in [-0.05, 0) is 12.1 Å². The number of carbonyl (C=O) groups excluding carboxylic acids is 1. The number of benzene rings is 1. The highest BCUT2D eigenvalue weighted by molar-refractivity contribution is 6.43. The molecule has 0 bridgehead atoms. The number of ketones is 1. The second-order valence-electron chi connectivity index (χ2n) is 3.26. The lowest BCUT2D eigenvalue weighted by Gasteiger charge is -2.07. The van der Waals surface area contributed by atoms with E-state index in [2.05, 4.69) is 5.32 Å². The van der Waals surface area contributed by atoms with Gasteiger partial charge in [0.15, 0.2) is 0 Å². The van der Waals surface area contributed by atoms with Crippen LogP contribution in [-0.4, -0.2) is 29.1 Å². The molecule has 0 atom stereocenters. The number of carbonyl (C=O) groups is 2. The van der Waals surface area contributed by atoms with Gasteiger partial charge < -0.3 is 10.4 Å². The molecule has 5 heteroatoms. The van der Waals surface area contributed by atoms with Crippen molar-refractivity contribution in [3.63, 3.8) is 0 Å². The molecule has 84 valence electrons. The zero-order valence-electron chi connectivity index (χ0n) is 8.86. The third-order valence-electron chi connectivity index (χ3n) is 2.03. The molecular weight excluding hydrogens is 208 g/mol. The van der Waals surface area contributed by atoms with Gasteiger partial charge in [0.1, 0.15) is 6.54 Å². The van der Waals surface area contributed by atoms with Gasteiger partial charge in [-0.3, -0.25) is 15.0 Å². The first kappa shape index (κ1) is 11.9. The summed E-state index contributed by atoms with van der Waals surface area (Å²) in [4.78, 5) is 21.5. The first-order valence-electron chi connectivity index (χ1n) is 4.70. The van der Waals surface area contributed by atoms with Crippen LogP contribution in [0, 0.1) is 0 Å². The molecule has 16 heavy (non-hydrogen) atoms. The minimum atomic E-state index is -0.976. The molecule has 1 aromatic rings. The van der Waals surface area contributed by atoms with Crippen LogP contribution >= 0.6 is 0 Å². The molecule has 0 aromatic heterocycles. The fourth-order valence-corrected chi connectivity index (χ4v) is 1.23. The van der Waals surface area contributed by atoms with Crippen LogP contribution in [0.25, 0.3) is 0 Å². The summed E-state index contributed by atoms with van der Waals surface area (Å²) < 4.78 is 0. The van der Waals surface area contributed by atoms with Crippen LogP contribution in [0.3, 0.4) is 0 Å². The number of nitrogens with one attached hydrogen (secondary N) is 1. The largest absolute Gasteiger partial charge is 0.480 e. The minimum absolute atomic E-state index is 0.119. The number of carboxylic acids is 1. The average molecular weight is 221 g/mol. The smallest absolute Gasteiger partial charge is 0.322 e. The molecule has 0 saturated carbocycles. The van der Waals surface area contributed by atoms with Crippen molar-refractivity contribution in [2.24, 2.45) is 0 Å². The van der Waals surface area contributed by atoms with Gasteiger partial charge in [0.05, 0.1) is 5.56 Å². The van der Waals surface area contributed by atoms with E-state index in [0.29, 0.717) is 11.3 Å². The van der Waals surface area contributed by atoms with Gasteiger partial charge in [0.25, 0.3) is 0 Å². The lowest BCUT2D eigenvalue weighted by atomic mass is 10.1. The molecule has 0 aliphatic carbocycles. The van der Waals surface area contributed by atoms with Crippen molar-refractivity contribution < 1.29 is 20.1 Å². The highest BCUT2D eigenvalue weighted by Gasteiger charge is 2.16. The van der Waals surface area contributed by atoms with Crippen molar-refractivity contribution in [3.8, 4) is 0 Å². The zero-order chi connectivity index (χ0) is 12.1. The van der Waals surface area contributed by atoms with E-state index in [0.717, 1.165) is 0 Å². The van der Waals surface area contributed by atoms with Gasteiger partial charge in [0, 0.05) is 12.6 Å². The molecule has 5 nitrogen and oxygen atoms in total. The summed E-state index contributed by atoms with van der Waals surface area (Å²) in [6.07, 6.45) is 0. The van der Waals surface area contributed by atoms with Gasteiger partial charge >= 0.3 is 5.97 Å². The Hall–Kier alpha value is -2.17. The maximum atomic E-state index is 11.1. The Labute approximate surface area is 92.6 Å². The van der Waals surface area contributed by atoms with E-state index >= 15 is 0 Å². The number of anilines is 1. The molecule has 0 spiro atoms. The van der Waals surface area contributed by atoms with Crippen LogP contribution in [0.2, 0.25) is 0 Å². The quantitative estimate of drug-likeness (QED) is 0.574. The number of rotatable bonds is 5. The average Bonchev–Trinajstić information content (AvgIpc) is 2.25. The van der Waals surface area contributed by atoms with E-state index in [9.17, 15) is 9.59 Å². The molecule has 1 rings (SSSR count).